The van der Waals surface area contributed by atoms with Crippen LogP contribution in [0.1, 0.15) is 51.9 Å². The molecule has 0 heterocycles. The second-order valence-corrected chi connectivity index (χ2v) is 6.03. The van der Waals surface area contributed by atoms with Crippen LogP contribution in [0.5, 0.6) is 0 Å². The quantitative estimate of drug-likeness (QED) is 0.801. The molecular weight excluding hydrogens is 212 g/mol. The standard InChI is InChI=1S/C14H26N2O/c1-10-4-3-5-13(10)14(17)16(2)12-8-6-11(15)7-9-12/h10-13H,3-9,15H2,1-2H3. The lowest BCUT2D eigenvalue weighted by atomic mass is 9.89. The van der Waals surface area contributed by atoms with E-state index in [9.17, 15) is 4.79 Å². The van der Waals surface area contributed by atoms with Crippen LogP contribution in [0.2, 0.25) is 0 Å². The molecule has 2 atom stereocenters. The molecule has 98 valence electrons. The highest BCUT2D eigenvalue weighted by molar-refractivity contribution is 5.79. The normalized spacial score (nSPS) is 38.1. The summed E-state index contributed by atoms with van der Waals surface area (Å²) in [6, 6.07) is 0.801. The molecule has 2 aliphatic carbocycles. The predicted octanol–water partition coefficient (Wildman–Crippen LogP) is 2.15. The van der Waals surface area contributed by atoms with Crippen LogP contribution in [-0.2, 0) is 4.79 Å². The summed E-state index contributed by atoms with van der Waals surface area (Å²) in [6.07, 6.45) is 7.86. The molecule has 17 heavy (non-hydrogen) atoms. The number of amides is 1. The Balaban J connectivity index is 1.90. The van der Waals surface area contributed by atoms with Crippen molar-refractivity contribution in [2.24, 2.45) is 17.6 Å². The van der Waals surface area contributed by atoms with Crippen molar-refractivity contribution in [3.8, 4) is 0 Å². The van der Waals surface area contributed by atoms with E-state index in [1.54, 1.807) is 0 Å². The Morgan fingerprint density at radius 2 is 1.76 bits per heavy atom. The van der Waals surface area contributed by atoms with Crippen LogP contribution >= 0.6 is 0 Å². The van der Waals surface area contributed by atoms with E-state index in [-0.39, 0.29) is 5.92 Å². The highest BCUT2D eigenvalue weighted by Crippen LogP contribution is 2.33. The topological polar surface area (TPSA) is 46.3 Å². The first-order valence-corrected chi connectivity index (χ1v) is 7.12. The number of carbonyl (C=O) groups excluding carboxylic acids is 1. The first-order valence-electron chi connectivity index (χ1n) is 7.12. The van der Waals surface area contributed by atoms with Crippen LogP contribution in [0.15, 0.2) is 0 Å². The second-order valence-electron chi connectivity index (χ2n) is 6.03. The lowest BCUT2D eigenvalue weighted by Crippen LogP contribution is -2.44. The number of hydrogen-bond acceptors (Lipinski definition) is 2. The average Bonchev–Trinajstić information content (AvgIpc) is 2.74. The molecule has 2 N–H and O–H groups in total. The molecule has 0 aromatic heterocycles. The zero-order valence-electron chi connectivity index (χ0n) is 11.2. The van der Waals surface area contributed by atoms with Crippen molar-refractivity contribution in [2.75, 3.05) is 7.05 Å². The summed E-state index contributed by atoms with van der Waals surface area (Å²) >= 11 is 0. The first kappa shape index (κ1) is 12.9. The molecule has 2 saturated carbocycles. The van der Waals surface area contributed by atoms with Gasteiger partial charge in [0, 0.05) is 25.0 Å². The minimum absolute atomic E-state index is 0.288. The van der Waals surface area contributed by atoms with Crippen LogP contribution in [0.3, 0.4) is 0 Å². The van der Waals surface area contributed by atoms with Crippen molar-refractivity contribution in [1.82, 2.24) is 4.90 Å². The van der Waals surface area contributed by atoms with Gasteiger partial charge >= 0.3 is 0 Å². The van der Waals surface area contributed by atoms with Gasteiger partial charge in [-0.2, -0.15) is 0 Å². The van der Waals surface area contributed by atoms with Crippen LogP contribution in [0, 0.1) is 11.8 Å². The highest BCUT2D eigenvalue weighted by atomic mass is 16.2. The second kappa shape index (κ2) is 5.38. The smallest absolute Gasteiger partial charge is 0.225 e. The number of rotatable bonds is 2. The molecule has 3 heteroatoms. The molecule has 0 spiro atoms. The Bertz CT molecular complexity index is 271. The third-order valence-electron chi connectivity index (χ3n) is 4.82. The fourth-order valence-electron chi connectivity index (χ4n) is 3.44. The highest BCUT2D eigenvalue weighted by Gasteiger charge is 2.34. The number of nitrogens with zero attached hydrogens (tertiary/aromatic N) is 1. The number of hydrogen-bond donors (Lipinski definition) is 1. The van der Waals surface area contributed by atoms with Gasteiger partial charge < -0.3 is 10.6 Å². The molecule has 2 unspecified atom stereocenters. The summed E-state index contributed by atoms with van der Waals surface area (Å²) in [5.74, 6) is 1.25. The maximum Gasteiger partial charge on any atom is 0.225 e. The van der Waals surface area contributed by atoms with E-state index < -0.39 is 0 Å². The Labute approximate surface area is 105 Å². The average molecular weight is 238 g/mol. The number of nitrogens with two attached hydrogens (primary N) is 1. The van der Waals surface area contributed by atoms with E-state index in [4.69, 9.17) is 5.73 Å². The van der Waals surface area contributed by atoms with Gasteiger partial charge in [0.25, 0.3) is 0 Å². The summed E-state index contributed by atoms with van der Waals surface area (Å²) in [6.45, 7) is 2.22. The molecule has 0 aliphatic heterocycles. The van der Waals surface area contributed by atoms with Crippen LogP contribution in [0.4, 0.5) is 0 Å². The van der Waals surface area contributed by atoms with E-state index >= 15 is 0 Å². The van der Waals surface area contributed by atoms with Gasteiger partial charge in [-0.25, -0.2) is 0 Å². The zero-order valence-corrected chi connectivity index (χ0v) is 11.2. The predicted molar refractivity (Wildman–Crippen MR) is 69.5 cm³/mol. The molecule has 0 aromatic rings. The Kier molecular flexibility index (Phi) is 4.08. The summed E-state index contributed by atoms with van der Waals surface area (Å²) in [4.78, 5) is 14.5. The van der Waals surface area contributed by atoms with E-state index in [2.05, 4.69) is 6.92 Å². The first-order chi connectivity index (χ1) is 8.09. The molecule has 2 aliphatic rings. The van der Waals surface area contributed by atoms with Crippen molar-refractivity contribution in [1.29, 1.82) is 0 Å². The molecule has 2 fully saturated rings. The number of carbonyl (C=O) groups is 1. The lowest BCUT2D eigenvalue weighted by molar-refractivity contribution is -0.138. The van der Waals surface area contributed by atoms with E-state index in [1.807, 2.05) is 11.9 Å². The molecular formula is C14H26N2O. The van der Waals surface area contributed by atoms with Crippen molar-refractivity contribution in [2.45, 2.75) is 64.0 Å². The molecule has 0 aromatic carbocycles. The van der Waals surface area contributed by atoms with Gasteiger partial charge in [0.2, 0.25) is 5.91 Å². The molecule has 1 amide bonds. The minimum atomic E-state index is 0.288. The van der Waals surface area contributed by atoms with Gasteiger partial charge in [-0.1, -0.05) is 13.3 Å². The maximum atomic E-state index is 12.4. The molecule has 3 nitrogen and oxygen atoms in total. The van der Waals surface area contributed by atoms with Crippen molar-refractivity contribution in [3.05, 3.63) is 0 Å². The van der Waals surface area contributed by atoms with Crippen molar-refractivity contribution < 1.29 is 4.79 Å². The lowest BCUT2D eigenvalue weighted by Gasteiger charge is -2.35. The van der Waals surface area contributed by atoms with Crippen LogP contribution in [0.25, 0.3) is 0 Å². The van der Waals surface area contributed by atoms with Gasteiger partial charge in [0.05, 0.1) is 0 Å². The van der Waals surface area contributed by atoms with Gasteiger partial charge in [-0.3, -0.25) is 4.79 Å². The summed E-state index contributed by atoms with van der Waals surface area (Å²) in [5.41, 5.74) is 5.91. The third-order valence-corrected chi connectivity index (χ3v) is 4.82. The summed E-state index contributed by atoms with van der Waals surface area (Å²) in [7, 11) is 1.99. The van der Waals surface area contributed by atoms with E-state index in [0.29, 0.717) is 23.9 Å². The van der Waals surface area contributed by atoms with Crippen LogP contribution in [-0.4, -0.2) is 29.9 Å². The fourth-order valence-corrected chi connectivity index (χ4v) is 3.44. The molecule has 2 rings (SSSR count). The van der Waals surface area contributed by atoms with E-state index in [1.165, 1.54) is 12.8 Å². The van der Waals surface area contributed by atoms with Crippen molar-refractivity contribution in [3.63, 3.8) is 0 Å². The molecule has 0 saturated heterocycles. The summed E-state index contributed by atoms with van der Waals surface area (Å²) < 4.78 is 0. The van der Waals surface area contributed by atoms with Crippen LogP contribution < -0.4 is 5.73 Å². The Hall–Kier alpha value is -0.570. The molecule has 0 bridgehead atoms. The Morgan fingerprint density at radius 1 is 1.12 bits per heavy atom. The SMILES string of the molecule is CC1CCCC1C(=O)N(C)C1CCC(N)CC1. The van der Waals surface area contributed by atoms with Gasteiger partial charge in [0.1, 0.15) is 0 Å². The van der Waals surface area contributed by atoms with Gasteiger partial charge in [-0.15, -0.1) is 0 Å². The van der Waals surface area contributed by atoms with Crippen molar-refractivity contribution >= 4 is 5.91 Å². The fraction of sp³-hybridized carbons (Fsp3) is 0.929. The van der Waals surface area contributed by atoms with E-state index in [0.717, 1.165) is 32.1 Å². The largest absolute Gasteiger partial charge is 0.343 e. The minimum Gasteiger partial charge on any atom is -0.343 e. The third kappa shape index (κ3) is 2.82. The Morgan fingerprint density at radius 3 is 2.29 bits per heavy atom. The van der Waals surface area contributed by atoms with Gasteiger partial charge in [-0.05, 0) is 44.4 Å². The zero-order chi connectivity index (χ0) is 12.4. The monoisotopic (exact) mass is 238 g/mol. The molecule has 0 radical (unpaired) electrons. The van der Waals surface area contributed by atoms with Gasteiger partial charge in [0.15, 0.2) is 0 Å². The maximum absolute atomic E-state index is 12.4. The summed E-state index contributed by atoms with van der Waals surface area (Å²) in [5, 5.41) is 0.